The van der Waals surface area contributed by atoms with Crippen molar-refractivity contribution in [3.05, 3.63) is 12.2 Å². The van der Waals surface area contributed by atoms with Crippen molar-refractivity contribution in [2.24, 2.45) is 11.5 Å². The lowest BCUT2D eigenvalue weighted by Crippen LogP contribution is -2.45. The molecule has 0 aliphatic carbocycles. The Kier molecular flexibility index (Phi) is 9.39. The molecule has 10 heteroatoms. The highest BCUT2D eigenvalue weighted by molar-refractivity contribution is 6.05. The average molecular weight is 357 g/mol. The van der Waals surface area contributed by atoms with E-state index >= 15 is 0 Å². The van der Waals surface area contributed by atoms with Crippen molar-refractivity contribution in [3.63, 3.8) is 0 Å². The summed E-state index contributed by atoms with van der Waals surface area (Å²) < 4.78 is 5.22. The van der Waals surface area contributed by atoms with Crippen molar-refractivity contribution in [2.75, 3.05) is 32.7 Å². The van der Waals surface area contributed by atoms with E-state index in [0.29, 0.717) is 0 Å². The van der Waals surface area contributed by atoms with E-state index in [1.165, 1.54) is 4.90 Å². The molecule has 6 N–H and O–H groups in total. The number of imide groups is 1. The molecule has 0 aliphatic rings. The highest BCUT2D eigenvalue weighted by Crippen LogP contribution is 2.10. The Balaban J connectivity index is 4.63. The Bertz CT molecular complexity index is 527. The van der Waals surface area contributed by atoms with Crippen LogP contribution in [0, 0.1) is 0 Å². The third kappa shape index (κ3) is 10.1. The lowest BCUT2D eigenvalue weighted by atomic mass is 10.2. The molecule has 0 aromatic rings. The number of hydrogen-bond acceptors (Lipinski definition) is 7. The second kappa shape index (κ2) is 10.4. The first kappa shape index (κ1) is 22.5. The summed E-state index contributed by atoms with van der Waals surface area (Å²) in [4.78, 5) is 47.8. The van der Waals surface area contributed by atoms with E-state index in [1.807, 2.05) is 0 Å². The highest BCUT2D eigenvalue weighted by atomic mass is 16.6. The van der Waals surface area contributed by atoms with Crippen molar-refractivity contribution < 1.29 is 23.9 Å². The average Bonchev–Trinajstić information content (AvgIpc) is 2.50. The molecule has 142 valence electrons. The molecule has 10 nitrogen and oxygen atoms in total. The number of amides is 4. The molecule has 0 radical (unpaired) electrons. The molecule has 0 rings (SSSR count). The van der Waals surface area contributed by atoms with E-state index in [0.717, 1.165) is 0 Å². The number of carbonyl (C=O) groups excluding carboxylic acids is 4. The second-order valence-corrected chi connectivity index (χ2v) is 6.15. The molecule has 4 amide bonds. The summed E-state index contributed by atoms with van der Waals surface area (Å²) in [5, 5.41) is 4.27. The number of nitrogens with one attached hydrogen (secondary N) is 2. The van der Waals surface area contributed by atoms with Gasteiger partial charge in [0.05, 0.1) is 19.6 Å². The third-order valence-electron chi connectivity index (χ3n) is 2.64. The van der Waals surface area contributed by atoms with Crippen LogP contribution in [-0.4, -0.2) is 67.0 Å². The van der Waals surface area contributed by atoms with Crippen LogP contribution in [0.25, 0.3) is 0 Å². The zero-order valence-electron chi connectivity index (χ0n) is 14.9. The van der Waals surface area contributed by atoms with Crippen molar-refractivity contribution in [3.8, 4) is 0 Å². The Morgan fingerprint density at radius 3 is 2.20 bits per heavy atom. The zero-order chi connectivity index (χ0) is 19.6. The van der Waals surface area contributed by atoms with Crippen LogP contribution in [0.5, 0.6) is 0 Å². The van der Waals surface area contributed by atoms with Crippen molar-refractivity contribution >= 4 is 23.8 Å². The number of rotatable bonds is 8. The zero-order valence-corrected chi connectivity index (χ0v) is 14.9. The molecular formula is C15H27N5O5. The summed E-state index contributed by atoms with van der Waals surface area (Å²) in [6.45, 7) is 8.19. The molecule has 0 spiro atoms. The Morgan fingerprint density at radius 2 is 1.72 bits per heavy atom. The minimum absolute atomic E-state index is 0.0298. The normalized spacial score (nSPS) is 10.6. The molecule has 0 fully saturated rings. The van der Waals surface area contributed by atoms with Gasteiger partial charge in [-0.05, 0) is 20.8 Å². The molecule has 0 heterocycles. The van der Waals surface area contributed by atoms with Crippen LogP contribution in [0.1, 0.15) is 20.8 Å². The maximum absolute atomic E-state index is 12.1. The minimum atomic E-state index is -0.766. The minimum Gasteiger partial charge on any atom is -0.444 e. The summed E-state index contributed by atoms with van der Waals surface area (Å²) in [5.74, 6) is -2.02. The summed E-state index contributed by atoms with van der Waals surface area (Å²) in [7, 11) is 0. The lowest BCUT2D eigenvalue weighted by molar-refractivity contribution is -0.130. The van der Waals surface area contributed by atoms with Gasteiger partial charge in [-0.1, -0.05) is 6.58 Å². The van der Waals surface area contributed by atoms with Gasteiger partial charge < -0.3 is 26.4 Å². The standard InChI is InChI=1S/C15H27N5O5/c1-10(13(23)19-12(22)8-18-11(21)7-17)9-20(6-5-16)14(24)25-15(2,3)4/h1,5-9,16-17H2,2-4H3,(H,18,21)(H,19,22,23). The number of carbonyl (C=O) groups is 4. The van der Waals surface area contributed by atoms with Crippen LogP contribution in [0.3, 0.4) is 0 Å². The van der Waals surface area contributed by atoms with Gasteiger partial charge in [-0.25, -0.2) is 4.79 Å². The number of nitrogens with zero attached hydrogens (tertiary/aromatic N) is 1. The maximum atomic E-state index is 12.1. The second-order valence-electron chi connectivity index (χ2n) is 6.15. The van der Waals surface area contributed by atoms with Gasteiger partial charge in [0, 0.05) is 18.7 Å². The van der Waals surface area contributed by atoms with Gasteiger partial charge in [-0.15, -0.1) is 0 Å². The molecule has 0 bridgehead atoms. The Hall–Kier alpha value is -2.46. The van der Waals surface area contributed by atoms with E-state index in [4.69, 9.17) is 16.2 Å². The van der Waals surface area contributed by atoms with Gasteiger partial charge >= 0.3 is 6.09 Å². The van der Waals surface area contributed by atoms with Crippen LogP contribution in [-0.2, 0) is 19.1 Å². The molecule has 0 aromatic heterocycles. The van der Waals surface area contributed by atoms with Gasteiger partial charge in [0.15, 0.2) is 0 Å². The fourth-order valence-electron chi connectivity index (χ4n) is 1.53. The molecule has 0 unspecified atom stereocenters. The first-order valence-corrected chi connectivity index (χ1v) is 7.67. The number of ether oxygens (including phenoxy) is 1. The largest absolute Gasteiger partial charge is 0.444 e. The van der Waals surface area contributed by atoms with Gasteiger partial charge in [0.2, 0.25) is 11.8 Å². The van der Waals surface area contributed by atoms with Gasteiger partial charge in [0.1, 0.15) is 5.60 Å². The van der Waals surface area contributed by atoms with E-state index in [2.05, 4.69) is 17.2 Å². The van der Waals surface area contributed by atoms with Gasteiger partial charge in [-0.2, -0.15) is 0 Å². The smallest absolute Gasteiger partial charge is 0.410 e. The summed E-state index contributed by atoms with van der Waals surface area (Å²) in [6.07, 6.45) is -0.645. The fourth-order valence-corrected chi connectivity index (χ4v) is 1.53. The topological polar surface area (TPSA) is 157 Å². The third-order valence-corrected chi connectivity index (χ3v) is 2.64. The van der Waals surface area contributed by atoms with E-state index in [-0.39, 0.29) is 31.8 Å². The van der Waals surface area contributed by atoms with Gasteiger partial charge in [0.25, 0.3) is 5.91 Å². The van der Waals surface area contributed by atoms with Crippen LogP contribution < -0.4 is 22.1 Å². The predicted molar refractivity (Wildman–Crippen MR) is 91.2 cm³/mol. The van der Waals surface area contributed by atoms with Crippen molar-refractivity contribution in [2.45, 2.75) is 26.4 Å². The Labute approximate surface area is 146 Å². The molecule has 25 heavy (non-hydrogen) atoms. The van der Waals surface area contributed by atoms with Crippen LogP contribution in [0.15, 0.2) is 12.2 Å². The number of hydrogen-bond donors (Lipinski definition) is 4. The molecule has 0 atom stereocenters. The first-order valence-electron chi connectivity index (χ1n) is 7.67. The van der Waals surface area contributed by atoms with E-state index in [9.17, 15) is 19.2 Å². The van der Waals surface area contributed by atoms with Gasteiger partial charge in [-0.3, -0.25) is 19.7 Å². The maximum Gasteiger partial charge on any atom is 0.410 e. The van der Waals surface area contributed by atoms with Crippen molar-refractivity contribution in [1.82, 2.24) is 15.5 Å². The molecule has 0 saturated carbocycles. The van der Waals surface area contributed by atoms with E-state index < -0.39 is 36.0 Å². The lowest BCUT2D eigenvalue weighted by Gasteiger charge is -2.27. The first-order chi connectivity index (χ1) is 11.5. The van der Waals surface area contributed by atoms with E-state index in [1.54, 1.807) is 20.8 Å². The predicted octanol–water partition coefficient (Wildman–Crippen LogP) is -1.54. The van der Waals surface area contributed by atoms with Crippen molar-refractivity contribution in [1.29, 1.82) is 0 Å². The van der Waals surface area contributed by atoms with Crippen LogP contribution in [0.4, 0.5) is 4.79 Å². The highest BCUT2D eigenvalue weighted by Gasteiger charge is 2.24. The summed E-state index contributed by atoms with van der Waals surface area (Å²) >= 11 is 0. The SMILES string of the molecule is C=C(CN(CCN)C(=O)OC(C)(C)C)C(=O)NC(=O)CNC(=O)CN. The fraction of sp³-hybridized carbons (Fsp3) is 0.600. The summed E-state index contributed by atoms with van der Waals surface area (Å²) in [6, 6.07) is 0. The molecule has 0 aromatic carbocycles. The molecule has 0 aliphatic heterocycles. The Morgan fingerprint density at radius 1 is 1.12 bits per heavy atom. The summed E-state index contributed by atoms with van der Waals surface area (Å²) in [5.41, 5.74) is 9.81. The van der Waals surface area contributed by atoms with Crippen LogP contribution in [0.2, 0.25) is 0 Å². The quantitative estimate of drug-likeness (QED) is 0.383. The van der Waals surface area contributed by atoms with Crippen LogP contribution >= 0.6 is 0 Å². The monoisotopic (exact) mass is 357 g/mol. The molecular weight excluding hydrogens is 330 g/mol. The molecule has 0 saturated heterocycles. The number of nitrogens with two attached hydrogens (primary N) is 2.